The molecule has 0 aliphatic heterocycles. The van der Waals surface area contributed by atoms with E-state index in [-0.39, 0.29) is 0 Å². The van der Waals surface area contributed by atoms with Crippen LogP contribution in [0.4, 0.5) is 0 Å². The molecule has 1 N–H and O–H groups in total. The molecular weight excluding hydrogens is 318 g/mol. The van der Waals surface area contributed by atoms with Gasteiger partial charge in [-0.1, -0.05) is 49.4 Å². The molecule has 0 spiro atoms. The fourth-order valence-corrected chi connectivity index (χ4v) is 4.36. The van der Waals surface area contributed by atoms with Gasteiger partial charge in [0, 0.05) is 11.1 Å². The number of nitrogens with zero attached hydrogens (tertiary/aromatic N) is 1. The van der Waals surface area contributed by atoms with Crippen LogP contribution >= 0.6 is 0 Å². The van der Waals surface area contributed by atoms with Crippen molar-refractivity contribution in [2.45, 2.75) is 26.2 Å². The Hall–Kier alpha value is -2.87. The first-order chi connectivity index (χ1) is 12.7. The molecule has 128 valence electrons. The molecule has 1 aromatic heterocycles. The summed E-state index contributed by atoms with van der Waals surface area (Å²) < 4.78 is 0. The van der Waals surface area contributed by atoms with Gasteiger partial charge in [0.05, 0.1) is 5.52 Å². The average Bonchev–Trinajstić information content (AvgIpc) is 2.66. The van der Waals surface area contributed by atoms with Gasteiger partial charge >= 0.3 is 0 Å². The Labute approximate surface area is 153 Å². The SMILES string of the molecule is C[C@H]1CCc2c(nc3ccc4ccccc4c3c2-c2cccc(O)c2)C1. The molecule has 1 aliphatic rings. The highest BCUT2D eigenvalue weighted by atomic mass is 16.3. The fourth-order valence-electron chi connectivity index (χ4n) is 4.36. The van der Waals surface area contributed by atoms with E-state index in [0.717, 1.165) is 23.9 Å². The maximum atomic E-state index is 10.1. The van der Waals surface area contributed by atoms with Crippen molar-refractivity contribution in [2.75, 3.05) is 0 Å². The van der Waals surface area contributed by atoms with Crippen molar-refractivity contribution < 1.29 is 5.11 Å². The van der Waals surface area contributed by atoms with Gasteiger partial charge in [0.25, 0.3) is 0 Å². The van der Waals surface area contributed by atoms with E-state index in [1.807, 2.05) is 12.1 Å². The first-order valence-electron chi connectivity index (χ1n) is 9.33. The summed E-state index contributed by atoms with van der Waals surface area (Å²) in [7, 11) is 0. The van der Waals surface area contributed by atoms with Crippen molar-refractivity contribution in [1.29, 1.82) is 0 Å². The van der Waals surface area contributed by atoms with Crippen molar-refractivity contribution in [3.63, 3.8) is 0 Å². The third-order valence-electron chi connectivity index (χ3n) is 5.63. The average molecular weight is 339 g/mol. The zero-order valence-electron chi connectivity index (χ0n) is 14.9. The molecule has 5 rings (SSSR count). The Morgan fingerprint density at radius 3 is 2.77 bits per heavy atom. The van der Waals surface area contributed by atoms with Crippen molar-refractivity contribution >= 4 is 21.7 Å². The summed E-state index contributed by atoms with van der Waals surface area (Å²) >= 11 is 0. The van der Waals surface area contributed by atoms with Gasteiger partial charge in [-0.15, -0.1) is 0 Å². The zero-order valence-corrected chi connectivity index (χ0v) is 14.9. The van der Waals surface area contributed by atoms with Crippen LogP contribution in [-0.4, -0.2) is 10.1 Å². The number of benzene rings is 3. The molecule has 1 heterocycles. The Kier molecular flexibility index (Phi) is 3.46. The maximum Gasteiger partial charge on any atom is 0.116 e. The topological polar surface area (TPSA) is 33.1 Å². The van der Waals surface area contributed by atoms with Crippen molar-refractivity contribution in [3.05, 3.63) is 71.9 Å². The zero-order chi connectivity index (χ0) is 17.7. The lowest BCUT2D eigenvalue weighted by Crippen LogP contribution is -2.14. The monoisotopic (exact) mass is 339 g/mol. The smallest absolute Gasteiger partial charge is 0.116 e. The minimum Gasteiger partial charge on any atom is -0.508 e. The molecule has 1 atom stereocenters. The molecule has 0 unspecified atom stereocenters. The van der Waals surface area contributed by atoms with E-state index in [9.17, 15) is 5.11 Å². The number of phenolic OH excluding ortho intramolecular Hbond substituents is 1. The van der Waals surface area contributed by atoms with E-state index in [1.165, 1.54) is 39.4 Å². The van der Waals surface area contributed by atoms with Gasteiger partial charge in [0.2, 0.25) is 0 Å². The summed E-state index contributed by atoms with van der Waals surface area (Å²) in [5.41, 5.74) is 5.97. The Morgan fingerprint density at radius 2 is 1.88 bits per heavy atom. The highest BCUT2D eigenvalue weighted by Crippen LogP contribution is 2.41. The van der Waals surface area contributed by atoms with Crippen LogP contribution in [0, 0.1) is 5.92 Å². The van der Waals surface area contributed by atoms with Crippen molar-refractivity contribution in [1.82, 2.24) is 4.98 Å². The first-order valence-corrected chi connectivity index (χ1v) is 9.33. The van der Waals surface area contributed by atoms with Gasteiger partial charge in [0.1, 0.15) is 5.75 Å². The summed E-state index contributed by atoms with van der Waals surface area (Å²) in [6.07, 6.45) is 3.27. The number of hydrogen-bond donors (Lipinski definition) is 1. The molecular formula is C24H21NO. The van der Waals surface area contributed by atoms with Gasteiger partial charge < -0.3 is 5.11 Å². The second-order valence-corrected chi connectivity index (χ2v) is 7.49. The maximum absolute atomic E-state index is 10.1. The largest absolute Gasteiger partial charge is 0.508 e. The van der Waals surface area contributed by atoms with E-state index in [1.54, 1.807) is 6.07 Å². The van der Waals surface area contributed by atoms with Crippen LogP contribution in [0.1, 0.15) is 24.6 Å². The second kappa shape index (κ2) is 5.84. The molecule has 2 nitrogen and oxygen atoms in total. The van der Waals surface area contributed by atoms with E-state index in [2.05, 4.69) is 49.4 Å². The quantitative estimate of drug-likeness (QED) is 0.439. The number of aromatic nitrogens is 1. The first kappa shape index (κ1) is 15.4. The van der Waals surface area contributed by atoms with Crippen LogP contribution in [0.2, 0.25) is 0 Å². The van der Waals surface area contributed by atoms with Gasteiger partial charge in [-0.2, -0.15) is 0 Å². The lowest BCUT2D eigenvalue weighted by atomic mass is 9.82. The highest BCUT2D eigenvalue weighted by molar-refractivity contribution is 6.14. The van der Waals surface area contributed by atoms with Gasteiger partial charge in [-0.25, -0.2) is 0 Å². The Bertz CT molecular complexity index is 1150. The summed E-state index contributed by atoms with van der Waals surface area (Å²) in [6, 6.07) is 20.5. The molecule has 4 aromatic rings. The van der Waals surface area contributed by atoms with Gasteiger partial charge in [-0.3, -0.25) is 4.98 Å². The second-order valence-electron chi connectivity index (χ2n) is 7.49. The molecule has 0 bridgehead atoms. The predicted molar refractivity (Wildman–Crippen MR) is 108 cm³/mol. The number of aromatic hydroxyl groups is 1. The lowest BCUT2D eigenvalue weighted by Gasteiger charge is -2.25. The van der Waals surface area contributed by atoms with Crippen LogP contribution in [0.25, 0.3) is 32.8 Å². The number of pyridine rings is 1. The number of phenols is 1. The number of rotatable bonds is 1. The Morgan fingerprint density at radius 1 is 1.00 bits per heavy atom. The van der Waals surface area contributed by atoms with Crippen molar-refractivity contribution in [3.8, 4) is 16.9 Å². The third-order valence-corrected chi connectivity index (χ3v) is 5.63. The van der Waals surface area contributed by atoms with Crippen LogP contribution in [0.5, 0.6) is 5.75 Å². The highest BCUT2D eigenvalue weighted by Gasteiger charge is 2.23. The molecule has 26 heavy (non-hydrogen) atoms. The van der Waals surface area contributed by atoms with Crippen LogP contribution in [0.15, 0.2) is 60.7 Å². The molecule has 3 aromatic carbocycles. The number of fused-ring (bicyclic) bond motifs is 4. The normalized spacial score (nSPS) is 16.7. The van der Waals surface area contributed by atoms with E-state index >= 15 is 0 Å². The molecule has 0 amide bonds. The minimum absolute atomic E-state index is 0.311. The van der Waals surface area contributed by atoms with Crippen molar-refractivity contribution in [2.24, 2.45) is 5.92 Å². The predicted octanol–water partition coefficient (Wildman–Crippen LogP) is 5.89. The summed E-state index contributed by atoms with van der Waals surface area (Å²) in [5.74, 6) is 0.982. The summed E-state index contributed by atoms with van der Waals surface area (Å²) in [4.78, 5) is 5.06. The fraction of sp³-hybridized carbons (Fsp3) is 0.208. The van der Waals surface area contributed by atoms with Gasteiger partial charge in [0.15, 0.2) is 0 Å². The van der Waals surface area contributed by atoms with E-state index in [4.69, 9.17) is 4.98 Å². The minimum atomic E-state index is 0.311. The van der Waals surface area contributed by atoms with E-state index < -0.39 is 0 Å². The summed E-state index contributed by atoms with van der Waals surface area (Å²) in [5, 5.41) is 13.8. The molecule has 0 fully saturated rings. The molecule has 0 saturated heterocycles. The van der Waals surface area contributed by atoms with Gasteiger partial charge in [-0.05, 0) is 70.8 Å². The Balaban J connectivity index is 1.96. The van der Waals surface area contributed by atoms with E-state index in [0.29, 0.717) is 11.7 Å². The molecule has 1 aliphatic carbocycles. The molecule has 2 heteroatoms. The van der Waals surface area contributed by atoms with Crippen LogP contribution in [0.3, 0.4) is 0 Å². The van der Waals surface area contributed by atoms with Crippen LogP contribution in [-0.2, 0) is 12.8 Å². The van der Waals surface area contributed by atoms with Crippen LogP contribution < -0.4 is 0 Å². The number of hydrogen-bond acceptors (Lipinski definition) is 2. The molecule has 0 saturated carbocycles. The standard InChI is InChI=1S/C24H21NO/c1-15-9-11-20-22(13-15)25-21-12-10-16-5-2-3-8-19(16)24(21)23(20)17-6-4-7-18(26)14-17/h2-8,10,12,14-15,26H,9,11,13H2,1H3/t15-/m0/s1. The molecule has 0 radical (unpaired) electrons. The summed E-state index contributed by atoms with van der Waals surface area (Å²) in [6.45, 7) is 2.31. The lowest BCUT2D eigenvalue weighted by molar-refractivity contribution is 0.475. The third kappa shape index (κ3) is 2.37.